The summed E-state index contributed by atoms with van der Waals surface area (Å²) in [5.74, 6) is 0.0189. The maximum atomic E-state index is 13.1. The van der Waals surface area contributed by atoms with E-state index in [2.05, 4.69) is 21.8 Å². The number of aromatic nitrogens is 2. The molecule has 0 fully saturated rings. The second-order valence-electron chi connectivity index (χ2n) is 6.25. The van der Waals surface area contributed by atoms with Crippen LogP contribution in [-0.2, 0) is 6.42 Å². The lowest BCUT2D eigenvalue weighted by molar-refractivity contribution is 0.0933. The minimum absolute atomic E-state index is 0.0679. The number of hydrogen-bond acceptors (Lipinski definition) is 3. The number of alkyl halides is 2. The van der Waals surface area contributed by atoms with Crippen molar-refractivity contribution in [1.82, 2.24) is 15.1 Å². The van der Waals surface area contributed by atoms with Crippen LogP contribution >= 0.6 is 0 Å². The molecule has 1 unspecified atom stereocenters. The molecule has 1 amide bonds. The molecule has 1 atom stereocenters. The lowest BCUT2D eigenvalue weighted by atomic mass is 9.87. The zero-order valence-electron chi connectivity index (χ0n) is 13.5. The molecule has 0 saturated heterocycles. The number of halogens is 2. The molecule has 2 aliphatic rings. The Morgan fingerprint density at radius 3 is 3.04 bits per heavy atom. The Bertz CT molecular complexity index is 843. The number of carbonyl (C=O) groups excluding carboxylic acids is 1. The molecule has 2 aromatic rings. The van der Waals surface area contributed by atoms with Crippen LogP contribution in [0.5, 0.6) is 0 Å². The Balaban J connectivity index is 1.59. The van der Waals surface area contributed by atoms with Gasteiger partial charge < -0.3 is 10.6 Å². The van der Waals surface area contributed by atoms with Crippen LogP contribution in [0, 0.1) is 0 Å². The molecular formula is C18H18F2N4O. The van der Waals surface area contributed by atoms with Crippen LogP contribution in [-0.4, -0.2) is 28.7 Å². The zero-order valence-corrected chi connectivity index (χ0v) is 13.5. The van der Waals surface area contributed by atoms with Crippen LogP contribution < -0.4 is 10.6 Å². The minimum atomic E-state index is -2.64. The number of amides is 1. The summed E-state index contributed by atoms with van der Waals surface area (Å²) in [7, 11) is 0. The van der Waals surface area contributed by atoms with E-state index >= 15 is 0 Å². The van der Waals surface area contributed by atoms with Gasteiger partial charge in [0.15, 0.2) is 0 Å². The van der Waals surface area contributed by atoms with E-state index in [1.54, 1.807) is 0 Å². The summed E-state index contributed by atoms with van der Waals surface area (Å²) < 4.78 is 27.3. The highest BCUT2D eigenvalue weighted by Crippen LogP contribution is 2.31. The Hall–Kier alpha value is -2.70. The summed E-state index contributed by atoms with van der Waals surface area (Å²) in [4.78, 5) is 12.7. The van der Waals surface area contributed by atoms with Gasteiger partial charge in [-0.3, -0.25) is 4.79 Å². The van der Waals surface area contributed by atoms with E-state index < -0.39 is 6.43 Å². The van der Waals surface area contributed by atoms with Gasteiger partial charge in [-0.25, -0.2) is 13.5 Å². The predicted octanol–water partition coefficient (Wildman–Crippen LogP) is 3.22. The van der Waals surface area contributed by atoms with E-state index in [-0.39, 0.29) is 29.8 Å². The van der Waals surface area contributed by atoms with Crippen molar-refractivity contribution in [1.29, 1.82) is 0 Å². The van der Waals surface area contributed by atoms with Gasteiger partial charge in [0.05, 0.1) is 12.2 Å². The number of allylic oxidation sites excluding steroid dienone is 1. The maximum absolute atomic E-state index is 13.1. The molecule has 1 aliphatic heterocycles. The standard InChI is InChI=1S/C18H18F2N4O/c19-16(20)15-8-9-21-17-13(10-22-24(15)17)18(25)23-14-7-3-5-11-4-1-2-6-12(11)14/h1-2,4,6,8,10,14,16,21H,3,5,7,9H2,(H,23,25). The number of anilines is 1. The summed E-state index contributed by atoms with van der Waals surface area (Å²) >= 11 is 0. The van der Waals surface area contributed by atoms with Gasteiger partial charge >= 0.3 is 0 Å². The summed E-state index contributed by atoms with van der Waals surface area (Å²) in [6, 6.07) is 8.01. The molecule has 1 aromatic heterocycles. The van der Waals surface area contributed by atoms with Gasteiger partial charge in [0.1, 0.15) is 17.1 Å². The van der Waals surface area contributed by atoms with Crippen molar-refractivity contribution in [3.8, 4) is 0 Å². The molecule has 0 radical (unpaired) electrons. The van der Waals surface area contributed by atoms with Crippen LogP contribution in [0.15, 0.2) is 36.5 Å². The highest BCUT2D eigenvalue weighted by Gasteiger charge is 2.28. The molecule has 0 spiro atoms. The lowest BCUT2D eigenvalue weighted by Crippen LogP contribution is -2.31. The molecule has 0 bridgehead atoms. The Morgan fingerprint density at radius 1 is 1.36 bits per heavy atom. The van der Waals surface area contributed by atoms with Crippen molar-refractivity contribution in [2.24, 2.45) is 0 Å². The van der Waals surface area contributed by atoms with Crippen LogP contribution in [0.3, 0.4) is 0 Å². The molecule has 1 aromatic carbocycles. The molecule has 2 heterocycles. The van der Waals surface area contributed by atoms with Crippen LogP contribution in [0.25, 0.3) is 5.70 Å². The molecule has 2 N–H and O–H groups in total. The fourth-order valence-electron chi connectivity index (χ4n) is 3.54. The van der Waals surface area contributed by atoms with Crippen LogP contribution in [0.1, 0.15) is 40.4 Å². The number of nitrogens with one attached hydrogen (secondary N) is 2. The number of fused-ring (bicyclic) bond motifs is 2. The summed E-state index contributed by atoms with van der Waals surface area (Å²) in [6.45, 7) is 0.248. The molecule has 0 saturated carbocycles. The Labute approximate surface area is 143 Å². The molecular weight excluding hydrogens is 326 g/mol. The number of benzene rings is 1. The van der Waals surface area contributed by atoms with Gasteiger partial charge in [0, 0.05) is 6.54 Å². The largest absolute Gasteiger partial charge is 0.366 e. The molecule has 130 valence electrons. The third-order valence-electron chi connectivity index (χ3n) is 4.74. The van der Waals surface area contributed by atoms with Crippen molar-refractivity contribution in [3.63, 3.8) is 0 Å². The first-order chi connectivity index (χ1) is 12.1. The lowest BCUT2D eigenvalue weighted by Gasteiger charge is -2.26. The van der Waals surface area contributed by atoms with Crippen LogP contribution in [0.4, 0.5) is 14.6 Å². The first-order valence-corrected chi connectivity index (χ1v) is 8.34. The van der Waals surface area contributed by atoms with Crippen LogP contribution in [0.2, 0.25) is 0 Å². The minimum Gasteiger partial charge on any atom is -0.366 e. The average Bonchev–Trinajstić information content (AvgIpc) is 3.06. The van der Waals surface area contributed by atoms with Crippen molar-refractivity contribution in [2.45, 2.75) is 31.7 Å². The number of carbonyl (C=O) groups is 1. The molecule has 7 heteroatoms. The topological polar surface area (TPSA) is 59.0 Å². The number of hydrogen-bond donors (Lipinski definition) is 2. The van der Waals surface area contributed by atoms with Gasteiger partial charge in [-0.2, -0.15) is 5.10 Å². The van der Waals surface area contributed by atoms with Gasteiger partial charge in [-0.1, -0.05) is 24.3 Å². The van der Waals surface area contributed by atoms with E-state index in [9.17, 15) is 13.6 Å². The monoisotopic (exact) mass is 344 g/mol. The van der Waals surface area contributed by atoms with E-state index in [1.807, 2.05) is 18.2 Å². The fraction of sp³-hybridized carbons (Fsp3) is 0.333. The van der Waals surface area contributed by atoms with E-state index in [1.165, 1.54) is 17.8 Å². The first-order valence-electron chi connectivity index (χ1n) is 8.34. The fourth-order valence-corrected chi connectivity index (χ4v) is 3.54. The second-order valence-corrected chi connectivity index (χ2v) is 6.25. The summed E-state index contributed by atoms with van der Waals surface area (Å²) in [5.41, 5.74) is 2.46. The third-order valence-corrected chi connectivity index (χ3v) is 4.74. The molecule has 5 nitrogen and oxygen atoms in total. The van der Waals surface area contributed by atoms with Crippen molar-refractivity contribution in [3.05, 3.63) is 53.2 Å². The van der Waals surface area contributed by atoms with Gasteiger partial charge in [-0.15, -0.1) is 0 Å². The Kier molecular flexibility index (Phi) is 3.99. The SMILES string of the molecule is O=C(NC1CCCc2ccccc21)c1cnn2c1NCC=C2C(F)F. The molecule has 25 heavy (non-hydrogen) atoms. The number of aryl methyl sites for hydroxylation is 1. The van der Waals surface area contributed by atoms with Gasteiger partial charge in [0.25, 0.3) is 12.3 Å². The van der Waals surface area contributed by atoms with Gasteiger partial charge in [-0.05, 0) is 36.5 Å². The predicted molar refractivity (Wildman–Crippen MR) is 90.6 cm³/mol. The van der Waals surface area contributed by atoms with Gasteiger partial charge in [0.2, 0.25) is 0 Å². The highest BCUT2D eigenvalue weighted by atomic mass is 19.3. The first kappa shape index (κ1) is 15.8. The Morgan fingerprint density at radius 2 is 2.20 bits per heavy atom. The summed E-state index contributed by atoms with van der Waals surface area (Å²) in [6.07, 6.45) is 2.96. The van der Waals surface area contributed by atoms with E-state index in [4.69, 9.17) is 0 Å². The normalized spacial score (nSPS) is 18.8. The molecule has 1 aliphatic carbocycles. The quantitative estimate of drug-likeness (QED) is 0.899. The average molecular weight is 344 g/mol. The number of nitrogens with zero attached hydrogens (tertiary/aromatic N) is 2. The number of rotatable bonds is 3. The smallest absolute Gasteiger partial charge is 0.280 e. The third kappa shape index (κ3) is 2.79. The van der Waals surface area contributed by atoms with Crippen molar-refractivity contribution in [2.75, 3.05) is 11.9 Å². The molecule has 4 rings (SSSR count). The van der Waals surface area contributed by atoms with Crippen molar-refractivity contribution < 1.29 is 13.6 Å². The second kappa shape index (κ2) is 6.31. The maximum Gasteiger partial charge on any atom is 0.280 e. The van der Waals surface area contributed by atoms with E-state index in [0.717, 1.165) is 29.5 Å². The van der Waals surface area contributed by atoms with E-state index in [0.29, 0.717) is 5.82 Å². The van der Waals surface area contributed by atoms with Crippen molar-refractivity contribution >= 4 is 17.4 Å². The highest BCUT2D eigenvalue weighted by molar-refractivity contribution is 5.99. The summed E-state index contributed by atoms with van der Waals surface area (Å²) in [5, 5.41) is 9.96. The zero-order chi connectivity index (χ0) is 17.4.